The molecule has 4 fully saturated rings. The lowest BCUT2D eigenvalue weighted by atomic mass is 9.89. The van der Waals surface area contributed by atoms with E-state index in [0.717, 1.165) is 35.3 Å². The lowest BCUT2D eigenvalue weighted by Gasteiger charge is -2.40. The summed E-state index contributed by atoms with van der Waals surface area (Å²) >= 11 is 3.60. The first-order valence-electron chi connectivity index (χ1n) is 27.5. The van der Waals surface area contributed by atoms with Gasteiger partial charge in [0.2, 0.25) is 0 Å². The van der Waals surface area contributed by atoms with Crippen LogP contribution in [-0.4, -0.2) is 225 Å². The highest BCUT2D eigenvalue weighted by Gasteiger charge is 2.47. The molecule has 81 heavy (non-hydrogen) atoms. The van der Waals surface area contributed by atoms with E-state index in [-0.39, 0.29) is 19.0 Å². The summed E-state index contributed by atoms with van der Waals surface area (Å²) in [4.78, 5) is 5.30. The van der Waals surface area contributed by atoms with Crippen LogP contribution in [0.15, 0.2) is 48.5 Å². The largest absolute Gasteiger partial charge is 0.496 e. The summed E-state index contributed by atoms with van der Waals surface area (Å²) in [6.07, 6.45) is -11.4. The second-order valence-corrected chi connectivity index (χ2v) is 24.0. The summed E-state index contributed by atoms with van der Waals surface area (Å²) in [5, 5.41) is 153. The van der Waals surface area contributed by atoms with Crippen molar-refractivity contribution in [3.05, 3.63) is 107 Å². The smallest absolute Gasteiger partial charge is 0.130 e. The number of fused-ring (bicyclic) bond motifs is 2. The number of rotatable bonds is 11. The molecule has 2 aromatic carbocycles. The maximum atomic E-state index is 14.8. The third-order valence-corrected chi connectivity index (χ3v) is 18.3. The van der Waals surface area contributed by atoms with Gasteiger partial charge in [-0.05, 0) is 111 Å². The molecule has 4 aliphatic heterocycles. The minimum Gasteiger partial charge on any atom is -0.496 e. The van der Waals surface area contributed by atoms with Crippen LogP contribution < -0.4 is 4.74 Å². The van der Waals surface area contributed by atoms with Crippen molar-refractivity contribution in [3.63, 3.8) is 0 Å². The Balaban J connectivity index is 0.000000169. The van der Waals surface area contributed by atoms with E-state index in [1.54, 1.807) is 31.3 Å². The van der Waals surface area contributed by atoms with Gasteiger partial charge in [0.25, 0.3) is 0 Å². The number of hydrogen-bond acceptors (Lipinski definition) is 23. The standard InChI is InChI=1S/C22H27FO6S.C21H26O5S.2C7H14O5/c1-28-16-9-15(23)12(7-13-6-11-4-2-3-5-18(11)30-13)8-14(16)22-21(27)20(26)19(25)17(10-24)29-22;22-11-16-18(23)19(24)20(25)21(26-16)14-6-3-4-12(8-14)9-15-10-13-5-1-2-7-17(13)27-15;2*1-3-5(9)7(11)6(10)4(2-8)12-3/h6,8-9,17,19-22,24-27H,2-5,7,10H2,1H3;3-4,6,8,10,16,18-25H,1-2,5,7,9,11H2;2*3-11H,2H2,1H3/t17-,19-,20+,21-,22+;16-,18-,19+,20-,21+;2*3-,4+,5-,6+,7+/m1100/s1. The average molecular weight is 1190 g/mol. The number of thiophene rings is 2. The van der Waals surface area contributed by atoms with Gasteiger partial charge in [-0.15, -0.1) is 22.7 Å². The van der Waals surface area contributed by atoms with E-state index in [9.17, 15) is 75.9 Å². The molecular weight excluding hydrogens is 1100 g/mol. The number of ether oxygens (including phenoxy) is 5. The van der Waals surface area contributed by atoms with Crippen molar-refractivity contribution in [1.29, 1.82) is 0 Å². The first-order valence-corrected chi connectivity index (χ1v) is 29.2. The normalized spacial score (nSPS) is 35.6. The Morgan fingerprint density at radius 1 is 0.481 bits per heavy atom. The third kappa shape index (κ3) is 15.4. The van der Waals surface area contributed by atoms with Crippen molar-refractivity contribution in [1.82, 2.24) is 0 Å². The molecule has 4 saturated heterocycles. The molecule has 2 aliphatic carbocycles. The van der Waals surface area contributed by atoms with Gasteiger partial charge in [-0.2, -0.15) is 0 Å². The first-order chi connectivity index (χ1) is 38.6. The molecule has 4 aromatic rings. The number of halogens is 1. The molecule has 21 nitrogen and oxygen atoms in total. The van der Waals surface area contributed by atoms with Gasteiger partial charge < -0.3 is 105 Å². The van der Waals surface area contributed by atoms with Crippen LogP contribution in [0.3, 0.4) is 0 Å². The molecule has 0 bridgehead atoms. The van der Waals surface area contributed by atoms with Crippen LogP contribution in [0.25, 0.3) is 0 Å². The maximum Gasteiger partial charge on any atom is 0.130 e. The van der Waals surface area contributed by atoms with Crippen LogP contribution >= 0.6 is 22.7 Å². The van der Waals surface area contributed by atoms with Crippen LogP contribution in [0.5, 0.6) is 5.75 Å². The van der Waals surface area contributed by atoms with E-state index in [4.69, 9.17) is 33.9 Å². The highest BCUT2D eigenvalue weighted by atomic mass is 32.1. The number of hydrogen-bond donors (Lipinski definition) is 16. The molecule has 0 saturated carbocycles. The monoisotopic (exact) mass is 1180 g/mol. The first kappa shape index (κ1) is 65.3. The second kappa shape index (κ2) is 29.7. The van der Waals surface area contributed by atoms with E-state index in [2.05, 4.69) is 12.1 Å². The van der Waals surface area contributed by atoms with Gasteiger partial charge in [-0.1, -0.05) is 24.3 Å². The summed E-state index contributed by atoms with van der Waals surface area (Å²) < 4.78 is 41.5. The zero-order chi connectivity index (χ0) is 59.0. The van der Waals surface area contributed by atoms with Gasteiger partial charge >= 0.3 is 0 Å². The van der Waals surface area contributed by atoms with E-state index in [1.165, 1.54) is 77.5 Å². The lowest BCUT2D eigenvalue weighted by molar-refractivity contribution is -0.232. The van der Waals surface area contributed by atoms with Crippen LogP contribution in [-0.2, 0) is 57.5 Å². The molecule has 6 heterocycles. The molecule has 16 N–H and O–H groups in total. The van der Waals surface area contributed by atoms with E-state index >= 15 is 0 Å². The van der Waals surface area contributed by atoms with Crippen molar-refractivity contribution < 1.29 is 110 Å². The van der Waals surface area contributed by atoms with Crippen LogP contribution in [0.2, 0.25) is 0 Å². The van der Waals surface area contributed by atoms with Gasteiger partial charge in [-0.3, -0.25) is 0 Å². The van der Waals surface area contributed by atoms with Crippen molar-refractivity contribution >= 4 is 22.7 Å². The number of benzene rings is 2. The van der Waals surface area contributed by atoms with Crippen LogP contribution in [0.4, 0.5) is 4.39 Å². The lowest BCUT2D eigenvalue weighted by Crippen LogP contribution is -2.57. The second-order valence-electron chi connectivity index (χ2n) is 21.6. The zero-order valence-electron chi connectivity index (χ0n) is 45.5. The number of methoxy groups -OCH3 is 1. The topological polar surface area (TPSA) is 370 Å². The molecule has 6 aliphatic rings. The van der Waals surface area contributed by atoms with Crippen molar-refractivity contribution in [3.8, 4) is 5.75 Å². The molecular formula is C57H81FO21S2. The molecule has 0 amide bonds. The Bertz CT molecular complexity index is 2490. The van der Waals surface area contributed by atoms with Gasteiger partial charge in [0.15, 0.2) is 0 Å². The fraction of sp³-hybridized carbons (Fsp3) is 0.649. The molecule has 2 aromatic heterocycles. The van der Waals surface area contributed by atoms with Gasteiger partial charge in [0.1, 0.15) is 121 Å². The Morgan fingerprint density at radius 2 is 0.901 bits per heavy atom. The predicted octanol–water partition coefficient (Wildman–Crippen LogP) is -0.690. The third-order valence-electron chi connectivity index (χ3n) is 15.9. The summed E-state index contributed by atoms with van der Waals surface area (Å²) in [5.74, 6) is -0.252. The van der Waals surface area contributed by atoms with Gasteiger partial charge in [0.05, 0.1) is 45.7 Å². The summed E-state index contributed by atoms with van der Waals surface area (Å²) in [6, 6.07) is 15.1. The molecule has 0 spiro atoms. The molecule has 20 atom stereocenters. The van der Waals surface area contributed by atoms with E-state index < -0.39 is 141 Å². The van der Waals surface area contributed by atoms with Crippen molar-refractivity contribution in [2.75, 3.05) is 33.5 Å². The van der Waals surface area contributed by atoms with Crippen molar-refractivity contribution in [2.45, 2.75) is 200 Å². The highest BCUT2D eigenvalue weighted by Crippen LogP contribution is 2.40. The predicted molar refractivity (Wildman–Crippen MR) is 291 cm³/mol. The molecule has 24 heteroatoms. The van der Waals surface area contributed by atoms with E-state index in [1.807, 2.05) is 35.6 Å². The van der Waals surface area contributed by atoms with E-state index in [0.29, 0.717) is 17.5 Å². The van der Waals surface area contributed by atoms with Gasteiger partial charge in [-0.25, -0.2) is 4.39 Å². The molecule has 0 radical (unpaired) electrons. The maximum absolute atomic E-state index is 14.8. The Hall–Kier alpha value is -3.23. The minimum absolute atomic E-state index is 0.172. The molecule has 454 valence electrons. The Kier molecular flexibility index (Phi) is 24.0. The Labute approximate surface area is 477 Å². The fourth-order valence-corrected chi connectivity index (χ4v) is 13.6. The zero-order valence-corrected chi connectivity index (χ0v) is 47.1. The highest BCUT2D eigenvalue weighted by molar-refractivity contribution is 7.12. The quantitative estimate of drug-likeness (QED) is 0.0884. The van der Waals surface area contributed by atoms with Crippen LogP contribution in [0, 0.1) is 5.82 Å². The van der Waals surface area contributed by atoms with Gasteiger partial charge in [0, 0.05) is 44.0 Å². The minimum atomic E-state index is -1.51. The number of aliphatic hydroxyl groups excluding tert-OH is 16. The Morgan fingerprint density at radius 3 is 1.36 bits per heavy atom. The summed E-state index contributed by atoms with van der Waals surface area (Å²) in [7, 11) is 1.38. The summed E-state index contributed by atoms with van der Waals surface area (Å²) in [6.45, 7) is 1.47. The van der Waals surface area contributed by atoms with Crippen molar-refractivity contribution in [2.24, 2.45) is 0 Å². The number of aryl methyl sites for hydroxylation is 4. The number of aliphatic hydroxyl groups is 16. The van der Waals surface area contributed by atoms with Crippen LogP contribution in [0.1, 0.15) is 105 Å². The summed E-state index contributed by atoms with van der Waals surface area (Å²) in [5.41, 5.74) is 5.50. The molecule has 0 unspecified atom stereocenters. The average Bonchev–Trinajstić information content (AvgIpc) is 4.29. The SMILES string of the molecule is COc1cc(F)c(Cc2cc3c(s2)CCCC3)cc1[C@@H]1O[C@H](CO)[C@@H](O)[C@H](O)[C@H]1O.C[C@@H]1O[C@H](CO)[C@@H](O)[C@H](O)[C@H]1O.C[C@@H]1O[C@H](CO)[C@@H](O)[C@H](O)[C@H]1O.OC[C@H]1O[C@@H](c2cccc(Cc3cc4c(s3)CCCC4)c2)[C@H](O)[C@@H](O)[C@@H]1O. The molecule has 10 rings (SSSR count). The fourth-order valence-electron chi connectivity index (χ4n) is 11.0.